The van der Waals surface area contributed by atoms with Crippen LogP contribution in [0.15, 0.2) is 35.5 Å². The highest BCUT2D eigenvalue weighted by molar-refractivity contribution is 7.89. The summed E-state index contributed by atoms with van der Waals surface area (Å²) in [5, 5.41) is 0. The Morgan fingerprint density at radius 2 is 1.77 bits per heavy atom. The van der Waals surface area contributed by atoms with Gasteiger partial charge in [-0.15, -0.1) is 0 Å². The number of pyridine rings is 1. The molecule has 0 radical (unpaired) electrons. The molecule has 8 nitrogen and oxygen atoms in total. The number of nitrogens with zero attached hydrogens (tertiary/aromatic N) is 5. The molecule has 0 spiro atoms. The van der Waals surface area contributed by atoms with E-state index in [9.17, 15) is 13.2 Å². The third-order valence-electron chi connectivity index (χ3n) is 5.11. The Balaban J connectivity index is 1.81. The first-order valence-electron chi connectivity index (χ1n) is 10.6. The van der Waals surface area contributed by atoms with E-state index in [1.54, 1.807) is 23.2 Å². The molecule has 3 rings (SSSR count). The molecule has 1 saturated heterocycles. The minimum atomic E-state index is -3.77. The number of sulfonamides is 1. The quantitative estimate of drug-likeness (QED) is 0.702. The van der Waals surface area contributed by atoms with Gasteiger partial charge in [0.25, 0.3) is 0 Å². The van der Waals surface area contributed by atoms with Crippen molar-refractivity contribution in [2.75, 3.05) is 26.2 Å². The van der Waals surface area contributed by atoms with Crippen LogP contribution < -0.4 is 0 Å². The lowest BCUT2D eigenvalue weighted by Gasteiger charge is -2.35. The van der Waals surface area contributed by atoms with Crippen LogP contribution in [0.5, 0.6) is 0 Å². The van der Waals surface area contributed by atoms with E-state index >= 15 is 0 Å². The molecule has 3 heterocycles. The topological polar surface area (TPSA) is 96.4 Å². The third-order valence-corrected chi connectivity index (χ3v) is 7.03. The van der Waals surface area contributed by atoms with Crippen LogP contribution in [0.4, 0.5) is 0 Å². The van der Waals surface area contributed by atoms with Crippen LogP contribution in [0, 0.1) is 5.41 Å². The first-order chi connectivity index (χ1) is 14.5. The number of carbonyl (C=O) groups excluding carboxylic acids is 1. The van der Waals surface area contributed by atoms with Gasteiger partial charge in [-0.1, -0.05) is 40.7 Å². The average Bonchev–Trinajstić information content (AvgIpc) is 2.72. The van der Waals surface area contributed by atoms with Gasteiger partial charge >= 0.3 is 0 Å². The standard InChI is InChI=1S/C22H31N5O3S/c1-16(2)20-18(15-24-21(25-20)17-8-6-7-9-23-17)31(29,30)27-12-10-26(11-13-27)19(28)14-22(3,4)5/h6-9,15-16H,10-14H2,1-5H3. The Kier molecular flexibility index (Phi) is 6.76. The van der Waals surface area contributed by atoms with E-state index < -0.39 is 10.0 Å². The lowest BCUT2D eigenvalue weighted by Crippen LogP contribution is -2.51. The molecule has 31 heavy (non-hydrogen) atoms. The Morgan fingerprint density at radius 1 is 1.10 bits per heavy atom. The summed E-state index contributed by atoms with van der Waals surface area (Å²) in [6.07, 6.45) is 3.48. The Morgan fingerprint density at radius 3 is 2.32 bits per heavy atom. The highest BCUT2D eigenvalue weighted by Crippen LogP contribution is 2.27. The van der Waals surface area contributed by atoms with Crippen molar-refractivity contribution < 1.29 is 13.2 Å². The molecule has 1 aliphatic rings. The zero-order chi connectivity index (χ0) is 22.8. The van der Waals surface area contributed by atoms with Gasteiger partial charge in [-0.2, -0.15) is 4.31 Å². The zero-order valence-corrected chi connectivity index (χ0v) is 19.7. The van der Waals surface area contributed by atoms with Gasteiger partial charge in [-0.25, -0.2) is 18.4 Å². The largest absolute Gasteiger partial charge is 0.340 e. The van der Waals surface area contributed by atoms with Crippen molar-refractivity contribution >= 4 is 15.9 Å². The molecule has 0 N–H and O–H groups in total. The Bertz CT molecular complexity index is 1020. The highest BCUT2D eigenvalue weighted by atomic mass is 32.2. The van der Waals surface area contributed by atoms with Gasteiger partial charge in [0, 0.05) is 38.8 Å². The van der Waals surface area contributed by atoms with Crippen LogP contribution in [0.1, 0.15) is 52.7 Å². The zero-order valence-electron chi connectivity index (χ0n) is 18.9. The Hall–Kier alpha value is -2.39. The maximum Gasteiger partial charge on any atom is 0.246 e. The molecule has 0 aliphatic carbocycles. The van der Waals surface area contributed by atoms with E-state index in [0.717, 1.165) is 0 Å². The number of hydrogen-bond acceptors (Lipinski definition) is 6. The highest BCUT2D eigenvalue weighted by Gasteiger charge is 2.34. The van der Waals surface area contributed by atoms with E-state index in [2.05, 4.69) is 15.0 Å². The molecule has 2 aromatic heterocycles. The van der Waals surface area contributed by atoms with Crippen molar-refractivity contribution in [3.63, 3.8) is 0 Å². The minimum absolute atomic E-state index is 0.0652. The first kappa shape index (κ1) is 23.3. The molecule has 0 atom stereocenters. The van der Waals surface area contributed by atoms with Crippen molar-refractivity contribution in [3.8, 4) is 11.5 Å². The van der Waals surface area contributed by atoms with Gasteiger partial charge < -0.3 is 4.90 Å². The van der Waals surface area contributed by atoms with Crippen LogP contribution in [0.2, 0.25) is 0 Å². The van der Waals surface area contributed by atoms with Gasteiger partial charge in [0.2, 0.25) is 15.9 Å². The fraction of sp³-hybridized carbons (Fsp3) is 0.545. The fourth-order valence-electron chi connectivity index (χ4n) is 3.50. The van der Waals surface area contributed by atoms with Crippen LogP contribution in [-0.4, -0.2) is 64.7 Å². The fourth-order valence-corrected chi connectivity index (χ4v) is 5.15. The second kappa shape index (κ2) is 9.00. The van der Waals surface area contributed by atoms with Gasteiger partial charge in [0.1, 0.15) is 10.6 Å². The molecule has 9 heteroatoms. The summed E-state index contributed by atoms with van der Waals surface area (Å²) >= 11 is 0. The van der Waals surface area contributed by atoms with Gasteiger partial charge in [-0.05, 0) is 23.5 Å². The van der Waals surface area contributed by atoms with Crippen molar-refractivity contribution in [1.29, 1.82) is 0 Å². The van der Waals surface area contributed by atoms with Crippen molar-refractivity contribution in [3.05, 3.63) is 36.3 Å². The predicted molar refractivity (Wildman–Crippen MR) is 119 cm³/mol. The van der Waals surface area contributed by atoms with E-state index in [4.69, 9.17) is 0 Å². The van der Waals surface area contributed by atoms with Crippen LogP contribution in [0.25, 0.3) is 11.5 Å². The van der Waals surface area contributed by atoms with Gasteiger partial charge in [0.05, 0.1) is 11.9 Å². The molecule has 0 saturated carbocycles. The van der Waals surface area contributed by atoms with Crippen LogP contribution in [0.3, 0.4) is 0 Å². The number of rotatable bonds is 5. The summed E-state index contributed by atoms with van der Waals surface area (Å²) in [6, 6.07) is 5.44. The van der Waals surface area contributed by atoms with Crippen LogP contribution >= 0.6 is 0 Å². The van der Waals surface area contributed by atoms with Crippen molar-refractivity contribution in [1.82, 2.24) is 24.2 Å². The second-order valence-corrected chi connectivity index (χ2v) is 11.2. The van der Waals surface area contributed by atoms with E-state index in [1.165, 1.54) is 10.5 Å². The predicted octanol–water partition coefficient (Wildman–Crippen LogP) is 2.93. The molecule has 168 valence electrons. The normalized spacial score (nSPS) is 16.0. The van der Waals surface area contributed by atoms with Crippen molar-refractivity contribution in [2.24, 2.45) is 5.41 Å². The maximum atomic E-state index is 13.4. The molecular formula is C22H31N5O3S. The number of hydrogen-bond donors (Lipinski definition) is 0. The third kappa shape index (κ3) is 5.46. The summed E-state index contributed by atoms with van der Waals surface area (Å²) in [6.45, 7) is 11.2. The van der Waals surface area contributed by atoms with E-state index in [0.29, 0.717) is 36.7 Å². The molecule has 1 fully saturated rings. The second-order valence-electron chi connectivity index (χ2n) is 9.34. The molecular weight excluding hydrogens is 414 g/mol. The summed E-state index contributed by atoms with van der Waals surface area (Å²) in [5.41, 5.74) is 0.973. The number of aromatic nitrogens is 3. The maximum absolute atomic E-state index is 13.4. The summed E-state index contributed by atoms with van der Waals surface area (Å²) in [4.78, 5) is 27.5. The number of piperazine rings is 1. The summed E-state index contributed by atoms with van der Waals surface area (Å²) < 4.78 is 28.2. The molecule has 1 aliphatic heterocycles. The molecule has 0 bridgehead atoms. The number of amides is 1. The lowest BCUT2D eigenvalue weighted by atomic mass is 9.91. The van der Waals surface area contributed by atoms with Gasteiger partial charge in [0.15, 0.2) is 5.82 Å². The minimum Gasteiger partial charge on any atom is -0.340 e. The monoisotopic (exact) mass is 445 g/mol. The van der Waals surface area contributed by atoms with E-state index in [-0.39, 0.29) is 35.2 Å². The average molecular weight is 446 g/mol. The molecule has 2 aromatic rings. The number of carbonyl (C=O) groups is 1. The van der Waals surface area contributed by atoms with Crippen molar-refractivity contribution in [2.45, 2.75) is 51.9 Å². The molecule has 0 unspecified atom stereocenters. The van der Waals surface area contributed by atoms with Crippen LogP contribution in [-0.2, 0) is 14.8 Å². The molecule has 1 amide bonds. The first-order valence-corrected chi connectivity index (χ1v) is 12.0. The SMILES string of the molecule is CC(C)c1nc(-c2ccccn2)ncc1S(=O)(=O)N1CCN(C(=O)CC(C)(C)C)CC1. The summed E-state index contributed by atoms with van der Waals surface area (Å²) in [5.74, 6) is 0.362. The Labute approximate surface area is 184 Å². The molecule has 0 aromatic carbocycles. The van der Waals surface area contributed by atoms with E-state index in [1.807, 2.05) is 40.7 Å². The smallest absolute Gasteiger partial charge is 0.246 e. The van der Waals surface area contributed by atoms with Gasteiger partial charge in [-0.3, -0.25) is 9.78 Å². The summed E-state index contributed by atoms with van der Waals surface area (Å²) in [7, 11) is -3.77. The lowest BCUT2D eigenvalue weighted by molar-refractivity contribution is -0.134.